The van der Waals surface area contributed by atoms with Crippen LogP contribution in [0.2, 0.25) is 0 Å². The Morgan fingerprint density at radius 1 is 1.00 bits per heavy atom. The lowest BCUT2D eigenvalue weighted by molar-refractivity contribution is 0.161. The summed E-state index contributed by atoms with van der Waals surface area (Å²) in [4.78, 5) is 2.62. The quantitative estimate of drug-likeness (QED) is 0.747. The van der Waals surface area contributed by atoms with Crippen molar-refractivity contribution < 1.29 is 0 Å². The van der Waals surface area contributed by atoms with E-state index in [1.807, 2.05) is 0 Å². The minimum Gasteiger partial charge on any atom is -0.398 e. The van der Waals surface area contributed by atoms with Crippen molar-refractivity contribution in [1.29, 1.82) is 0 Å². The summed E-state index contributed by atoms with van der Waals surface area (Å²) in [5.74, 6) is 0. The Morgan fingerprint density at radius 2 is 1.77 bits per heavy atom. The number of anilines is 1. The lowest BCUT2D eigenvalue weighted by Crippen LogP contribution is -2.39. The van der Waals surface area contributed by atoms with Crippen LogP contribution in [0.4, 0.5) is 5.69 Å². The summed E-state index contributed by atoms with van der Waals surface area (Å²) in [5, 5.41) is 0. The molecule has 1 atom stereocenters. The molecule has 0 bridgehead atoms. The molecule has 2 nitrogen and oxygen atoms in total. The summed E-state index contributed by atoms with van der Waals surface area (Å²) < 4.78 is 0. The van der Waals surface area contributed by atoms with Gasteiger partial charge in [0.1, 0.15) is 0 Å². The molecule has 1 unspecified atom stereocenters. The van der Waals surface area contributed by atoms with Gasteiger partial charge in [0.2, 0.25) is 0 Å². The number of fused-ring (bicyclic) bond motifs is 4. The first-order valence-electron chi connectivity index (χ1n) is 8.25. The maximum absolute atomic E-state index is 6.34. The van der Waals surface area contributed by atoms with E-state index in [9.17, 15) is 0 Å². The summed E-state index contributed by atoms with van der Waals surface area (Å²) in [6.45, 7) is 8.71. The van der Waals surface area contributed by atoms with Gasteiger partial charge < -0.3 is 5.73 Å². The third-order valence-electron chi connectivity index (χ3n) is 5.67. The summed E-state index contributed by atoms with van der Waals surface area (Å²) in [5.41, 5.74) is 17.3. The first-order chi connectivity index (χ1) is 10.5. The number of hydrogen-bond donors (Lipinski definition) is 1. The summed E-state index contributed by atoms with van der Waals surface area (Å²) >= 11 is 0. The second kappa shape index (κ2) is 4.85. The van der Waals surface area contributed by atoms with Gasteiger partial charge in [0.15, 0.2) is 0 Å². The molecule has 2 aromatic carbocycles. The molecule has 0 saturated carbocycles. The zero-order valence-corrected chi connectivity index (χ0v) is 13.7. The van der Waals surface area contributed by atoms with Gasteiger partial charge in [0.25, 0.3) is 0 Å². The van der Waals surface area contributed by atoms with E-state index in [1.165, 1.54) is 27.8 Å². The Labute approximate surface area is 132 Å². The molecule has 0 amide bonds. The predicted molar refractivity (Wildman–Crippen MR) is 92.1 cm³/mol. The van der Waals surface area contributed by atoms with Crippen LogP contribution in [0.5, 0.6) is 0 Å². The van der Waals surface area contributed by atoms with Crippen LogP contribution < -0.4 is 5.73 Å². The summed E-state index contributed by atoms with van der Waals surface area (Å²) in [7, 11) is 0. The number of benzene rings is 2. The van der Waals surface area contributed by atoms with E-state index in [0.29, 0.717) is 6.04 Å². The van der Waals surface area contributed by atoms with Gasteiger partial charge >= 0.3 is 0 Å². The molecule has 0 aromatic heterocycles. The molecule has 0 fully saturated rings. The molecule has 0 aliphatic carbocycles. The molecule has 2 heteroatoms. The molecule has 22 heavy (non-hydrogen) atoms. The van der Waals surface area contributed by atoms with Gasteiger partial charge in [-0.25, -0.2) is 0 Å². The van der Waals surface area contributed by atoms with Gasteiger partial charge in [-0.3, -0.25) is 4.90 Å². The maximum Gasteiger partial charge on any atom is 0.0395 e. The van der Waals surface area contributed by atoms with Crippen molar-refractivity contribution in [3.8, 4) is 0 Å². The molecule has 2 aliphatic rings. The molecule has 2 aliphatic heterocycles. The Kier molecular flexibility index (Phi) is 3.05. The first-order valence-corrected chi connectivity index (χ1v) is 8.25. The molecule has 2 heterocycles. The van der Waals surface area contributed by atoms with E-state index in [2.05, 4.69) is 49.9 Å². The third-order valence-corrected chi connectivity index (χ3v) is 5.67. The van der Waals surface area contributed by atoms with Crippen LogP contribution in [0.15, 0.2) is 24.3 Å². The van der Waals surface area contributed by atoms with Crippen molar-refractivity contribution in [2.75, 3.05) is 12.3 Å². The Morgan fingerprint density at radius 3 is 2.59 bits per heavy atom. The minimum absolute atomic E-state index is 0.526. The Balaban J connectivity index is 1.80. The summed E-state index contributed by atoms with van der Waals surface area (Å²) in [6, 6.07) is 9.81. The van der Waals surface area contributed by atoms with Crippen molar-refractivity contribution in [2.24, 2.45) is 0 Å². The highest BCUT2D eigenvalue weighted by atomic mass is 15.2. The second-order valence-corrected chi connectivity index (χ2v) is 7.01. The largest absolute Gasteiger partial charge is 0.398 e. The molecular formula is C20H24N2. The number of nitrogens with two attached hydrogens (primary N) is 1. The zero-order chi connectivity index (χ0) is 15.4. The van der Waals surface area contributed by atoms with Crippen molar-refractivity contribution in [1.82, 2.24) is 4.90 Å². The van der Waals surface area contributed by atoms with E-state index >= 15 is 0 Å². The standard InChI is InChI=1S/C20H24N2/c1-12-4-5-15-10-19-17-9-14(3)13(2)8-16(17)6-7-22(19)11-18(15)20(12)21/h4-5,8-9,19H,6-7,10-11,21H2,1-3H3. The topological polar surface area (TPSA) is 29.3 Å². The number of rotatable bonds is 0. The number of nitrogen functional groups attached to an aromatic ring is 1. The third kappa shape index (κ3) is 1.98. The van der Waals surface area contributed by atoms with Gasteiger partial charge in [-0.2, -0.15) is 0 Å². The Hall–Kier alpha value is -1.80. The average molecular weight is 292 g/mol. The van der Waals surface area contributed by atoms with Crippen LogP contribution in [0.1, 0.15) is 45.0 Å². The first kappa shape index (κ1) is 13.8. The molecule has 2 aromatic rings. The van der Waals surface area contributed by atoms with E-state index < -0.39 is 0 Å². The van der Waals surface area contributed by atoms with Gasteiger partial charge in [0.05, 0.1) is 0 Å². The molecule has 4 rings (SSSR count). The van der Waals surface area contributed by atoms with Crippen molar-refractivity contribution >= 4 is 5.69 Å². The van der Waals surface area contributed by atoms with E-state index in [-0.39, 0.29) is 0 Å². The maximum atomic E-state index is 6.34. The van der Waals surface area contributed by atoms with Gasteiger partial charge in [-0.05, 0) is 72.6 Å². The zero-order valence-electron chi connectivity index (χ0n) is 13.7. The summed E-state index contributed by atoms with van der Waals surface area (Å²) in [6.07, 6.45) is 2.25. The van der Waals surface area contributed by atoms with Gasteiger partial charge in [-0.15, -0.1) is 0 Å². The number of nitrogens with zero attached hydrogens (tertiary/aromatic N) is 1. The molecule has 2 N–H and O–H groups in total. The number of aryl methyl sites for hydroxylation is 3. The van der Waals surface area contributed by atoms with E-state index in [0.717, 1.165) is 31.6 Å². The lowest BCUT2D eigenvalue weighted by atomic mass is 9.82. The molecule has 0 radical (unpaired) electrons. The molecule has 0 spiro atoms. The van der Waals surface area contributed by atoms with Gasteiger partial charge in [0, 0.05) is 24.8 Å². The van der Waals surface area contributed by atoms with Crippen LogP contribution in [0, 0.1) is 20.8 Å². The normalized spacial score (nSPS) is 20.2. The highest BCUT2D eigenvalue weighted by Crippen LogP contribution is 2.40. The fraction of sp³-hybridized carbons (Fsp3) is 0.400. The van der Waals surface area contributed by atoms with Crippen molar-refractivity contribution in [3.05, 3.63) is 63.2 Å². The van der Waals surface area contributed by atoms with E-state index in [1.54, 1.807) is 11.1 Å². The monoisotopic (exact) mass is 292 g/mol. The fourth-order valence-electron chi connectivity index (χ4n) is 4.09. The molecular weight excluding hydrogens is 268 g/mol. The highest BCUT2D eigenvalue weighted by Gasteiger charge is 2.33. The highest BCUT2D eigenvalue weighted by molar-refractivity contribution is 5.58. The van der Waals surface area contributed by atoms with Crippen LogP contribution in [-0.4, -0.2) is 11.4 Å². The van der Waals surface area contributed by atoms with Crippen LogP contribution in [-0.2, 0) is 19.4 Å². The van der Waals surface area contributed by atoms with Crippen molar-refractivity contribution in [3.63, 3.8) is 0 Å². The smallest absolute Gasteiger partial charge is 0.0395 e. The fourth-order valence-corrected chi connectivity index (χ4v) is 4.09. The predicted octanol–water partition coefficient (Wildman–Crippen LogP) is 3.85. The molecule has 114 valence electrons. The average Bonchev–Trinajstić information content (AvgIpc) is 2.51. The number of hydrogen-bond acceptors (Lipinski definition) is 2. The van der Waals surface area contributed by atoms with Crippen molar-refractivity contribution in [2.45, 2.75) is 46.2 Å². The van der Waals surface area contributed by atoms with Crippen LogP contribution in [0.25, 0.3) is 0 Å². The molecule has 0 saturated heterocycles. The Bertz CT molecular complexity index is 761. The minimum atomic E-state index is 0.526. The van der Waals surface area contributed by atoms with E-state index in [4.69, 9.17) is 5.73 Å². The van der Waals surface area contributed by atoms with Gasteiger partial charge in [-0.1, -0.05) is 24.3 Å². The second-order valence-electron chi connectivity index (χ2n) is 7.01. The SMILES string of the molecule is Cc1cc2c(cc1C)C1Cc3ccc(C)c(N)c3CN1CC2. The van der Waals surface area contributed by atoms with Crippen LogP contribution >= 0.6 is 0 Å². The lowest BCUT2D eigenvalue weighted by Gasteiger charge is -2.42. The van der Waals surface area contributed by atoms with Crippen LogP contribution in [0.3, 0.4) is 0 Å².